The first kappa shape index (κ1) is 21.5. The van der Waals surface area contributed by atoms with Crippen molar-refractivity contribution >= 4 is 22.9 Å². The van der Waals surface area contributed by atoms with Crippen molar-refractivity contribution in [1.29, 1.82) is 0 Å². The van der Waals surface area contributed by atoms with E-state index in [-0.39, 0.29) is 12.3 Å². The van der Waals surface area contributed by atoms with E-state index >= 15 is 0 Å². The molecule has 6 nitrogen and oxygen atoms in total. The van der Waals surface area contributed by atoms with Crippen molar-refractivity contribution in [2.24, 2.45) is 0 Å². The summed E-state index contributed by atoms with van der Waals surface area (Å²) in [6, 6.07) is 20.9. The van der Waals surface area contributed by atoms with Gasteiger partial charge in [-0.05, 0) is 43.3 Å². The second-order valence-electron chi connectivity index (χ2n) is 7.20. The van der Waals surface area contributed by atoms with Crippen LogP contribution in [0.3, 0.4) is 0 Å². The molecule has 0 radical (unpaired) electrons. The Morgan fingerprint density at radius 1 is 0.938 bits per heavy atom. The van der Waals surface area contributed by atoms with Gasteiger partial charge in [0.25, 0.3) is 0 Å². The number of anilines is 1. The van der Waals surface area contributed by atoms with E-state index in [4.69, 9.17) is 9.47 Å². The fourth-order valence-corrected chi connectivity index (χ4v) is 3.66. The molecule has 1 amide bonds. The van der Waals surface area contributed by atoms with Crippen molar-refractivity contribution in [1.82, 2.24) is 9.97 Å². The Morgan fingerprint density at radius 2 is 1.78 bits per heavy atom. The molecule has 7 heteroatoms. The molecule has 0 saturated heterocycles. The Balaban J connectivity index is 1.27. The van der Waals surface area contributed by atoms with E-state index < -0.39 is 0 Å². The van der Waals surface area contributed by atoms with E-state index in [1.165, 1.54) is 16.9 Å². The van der Waals surface area contributed by atoms with Gasteiger partial charge in [-0.2, -0.15) is 0 Å². The summed E-state index contributed by atoms with van der Waals surface area (Å²) in [4.78, 5) is 21.2. The highest BCUT2D eigenvalue weighted by Crippen LogP contribution is 2.20. The molecule has 0 aliphatic heterocycles. The van der Waals surface area contributed by atoms with Crippen LogP contribution in [0.4, 0.5) is 5.69 Å². The molecule has 0 bridgehead atoms. The molecule has 4 aromatic rings. The van der Waals surface area contributed by atoms with E-state index in [1.807, 2.05) is 73.0 Å². The zero-order valence-electron chi connectivity index (χ0n) is 17.7. The van der Waals surface area contributed by atoms with E-state index in [9.17, 15) is 4.79 Å². The summed E-state index contributed by atoms with van der Waals surface area (Å²) in [6.07, 6.45) is 1.92. The Bertz CT molecular complexity index is 1160. The van der Waals surface area contributed by atoms with Gasteiger partial charge < -0.3 is 14.8 Å². The summed E-state index contributed by atoms with van der Waals surface area (Å²) in [6.45, 7) is 2.78. The van der Waals surface area contributed by atoms with Crippen LogP contribution in [-0.4, -0.2) is 15.9 Å². The van der Waals surface area contributed by atoms with Gasteiger partial charge in [-0.1, -0.05) is 29.8 Å². The largest absolute Gasteiger partial charge is 0.487 e. The summed E-state index contributed by atoms with van der Waals surface area (Å²) in [5.41, 5.74) is 3.42. The molecule has 1 N–H and O–H groups in total. The molecule has 0 atom stereocenters. The van der Waals surface area contributed by atoms with Crippen LogP contribution in [0.25, 0.3) is 0 Å². The van der Waals surface area contributed by atoms with E-state index in [2.05, 4.69) is 15.3 Å². The summed E-state index contributed by atoms with van der Waals surface area (Å²) < 4.78 is 11.5. The molecule has 2 aromatic heterocycles. The zero-order valence-corrected chi connectivity index (χ0v) is 18.5. The lowest BCUT2D eigenvalue weighted by molar-refractivity contribution is -0.115. The third-order valence-corrected chi connectivity index (χ3v) is 5.43. The molecule has 2 heterocycles. The van der Waals surface area contributed by atoms with Gasteiger partial charge in [-0.15, -0.1) is 11.3 Å². The first-order valence-electron chi connectivity index (χ1n) is 10.2. The third kappa shape index (κ3) is 6.39. The van der Waals surface area contributed by atoms with Crippen molar-refractivity contribution in [2.75, 3.05) is 5.32 Å². The monoisotopic (exact) mass is 445 g/mol. The number of hydrogen-bond acceptors (Lipinski definition) is 6. The van der Waals surface area contributed by atoms with Gasteiger partial charge in [0.05, 0.1) is 17.8 Å². The Labute approximate surface area is 190 Å². The minimum absolute atomic E-state index is 0.136. The molecule has 0 fully saturated rings. The fraction of sp³-hybridized carbons (Fsp3) is 0.160. The lowest BCUT2D eigenvalue weighted by atomic mass is 10.2. The summed E-state index contributed by atoms with van der Waals surface area (Å²) >= 11 is 1.49. The molecular formula is C25H23N3O3S. The first-order valence-corrected chi connectivity index (χ1v) is 11.1. The summed E-state index contributed by atoms with van der Waals surface area (Å²) in [5.74, 6) is 1.33. The average Bonchev–Trinajstić information content (AvgIpc) is 3.25. The normalized spacial score (nSPS) is 10.5. The SMILES string of the molecule is Cc1ccc(OCc2nc(CC(=O)Nc3cccc(OCc4ccccn4)c3)cs2)cc1. The molecule has 32 heavy (non-hydrogen) atoms. The predicted octanol–water partition coefficient (Wildman–Crippen LogP) is 5.19. The number of amides is 1. The highest BCUT2D eigenvalue weighted by molar-refractivity contribution is 7.09. The Morgan fingerprint density at radius 3 is 2.59 bits per heavy atom. The van der Waals surface area contributed by atoms with Crippen molar-refractivity contribution in [3.63, 3.8) is 0 Å². The number of benzene rings is 2. The van der Waals surface area contributed by atoms with Gasteiger partial charge in [0.1, 0.15) is 29.7 Å². The number of pyridine rings is 1. The van der Waals surface area contributed by atoms with Crippen molar-refractivity contribution in [2.45, 2.75) is 26.6 Å². The van der Waals surface area contributed by atoms with Crippen LogP contribution in [0.15, 0.2) is 78.3 Å². The standard InChI is InChI=1S/C25H23N3O3S/c1-18-8-10-22(11-9-18)31-16-25-28-21(17-32-25)14-24(29)27-19-6-4-7-23(13-19)30-15-20-5-2-3-12-26-20/h2-13,17H,14-16H2,1H3,(H,27,29). The Kier molecular flexibility index (Phi) is 7.09. The molecule has 0 saturated carbocycles. The van der Waals surface area contributed by atoms with Gasteiger partial charge in [-0.25, -0.2) is 4.98 Å². The second-order valence-corrected chi connectivity index (χ2v) is 8.14. The number of aromatic nitrogens is 2. The van der Waals surface area contributed by atoms with Crippen LogP contribution < -0.4 is 14.8 Å². The van der Waals surface area contributed by atoms with Gasteiger partial charge in [-0.3, -0.25) is 9.78 Å². The summed E-state index contributed by atoms with van der Waals surface area (Å²) in [5, 5.41) is 5.62. The molecular weight excluding hydrogens is 422 g/mol. The lowest BCUT2D eigenvalue weighted by Gasteiger charge is -2.09. The second kappa shape index (κ2) is 10.5. The number of ether oxygens (including phenoxy) is 2. The maximum atomic E-state index is 12.5. The maximum absolute atomic E-state index is 12.5. The highest BCUT2D eigenvalue weighted by Gasteiger charge is 2.09. The molecule has 4 rings (SSSR count). The topological polar surface area (TPSA) is 73.3 Å². The first-order chi connectivity index (χ1) is 15.6. The van der Waals surface area contributed by atoms with Crippen LogP contribution in [0.2, 0.25) is 0 Å². The number of carbonyl (C=O) groups is 1. The molecule has 0 spiro atoms. The third-order valence-electron chi connectivity index (χ3n) is 4.55. The van der Waals surface area contributed by atoms with Crippen LogP contribution in [0.1, 0.15) is 22.0 Å². The van der Waals surface area contributed by atoms with Gasteiger partial charge in [0, 0.05) is 23.3 Å². The number of hydrogen-bond donors (Lipinski definition) is 1. The molecule has 0 aliphatic carbocycles. The van der Waals surface area contributed by atoms with Crippen molar-refractivity contribution < 1.29 is 14.3 Å². The zero-order chi connectivity index (χ0) is 22.2. The fourth-order valence-electron chi connectivity index (χ4n) is 2.95. The van der Waals surface area contributed by atoms with Crippen LogP contribution in [0.5, 0.6) is 11.5 Å². The van der Waals surface area contributed by atoms with Crippen LogP contribution in [0, 0.1) is 6.92 Å². The predicted molar refractivity (Wildman–Crippen MR) is 125 cm³/mol. The van der Waals surface area contributed by atoms with Gasteiger partial charge in [0.2, 0.25) is 5.91 Å². The smallest absolute Gasteiger partial charge is 0.230 e. The highest BCUT2D eigenvalue weighted by atomic mass is 32.1. The van der Waals surface area contributed by atoms with E-state index in [0.29, 0.717) is 24.7 Å². The minimum atomic E-state index is -0.136. The molecule has 2 aromatic carbocycles. The number of aryl methyl sites for hydroxylation is 1. The van der Waals surface area contributed by atoms with E-state index in [1.54, 1.807) is 12.3 Å². The lowest BCUT2D eigenvalue weighted by Crippen LogP contribution is -2.14. The Hall–Kier alpha value is -3.71. The minimum Gasteiger partial charge on any atom is -0.487 e. The number of carbonyl (C=O) groups excluding carboxylic acids is 1. The van der Waals surface area contributed by atoms with Gasteiger partial charge >= 0.3 is 0 Å². The van der Waals surface area contributed by atoms with Crippen LogP contribution in [-0.2, 0) is 24.4 Å². The number of rotatable bonds is 9. The number of nitrogens with zero attached hydrogens (tertiary/aromatic N) is 2. The quantitative estimate of drug-likeness (QED) is 0.384. The summed E-state index contributed by atoms with van der Waals surface area (Å²) in [7, 11) is 0. The number of thiazole rings is 1. The molecule has 162 valence electrons. The van der Waals surface area contributed by atoms with Gasteiger partial charge in [0.15, 0.2) is 0 Å². The van der Waals surface area contributed by atoms with Crippen molar-refractivity contribution in [3.05, 3.63) is 100 Å². The van der Waals surface area contributed by atoms with Crippen molar-refractivity contribution in [3.8, 4) is 11.5 Å². The average molecular weight is 446 g/mol. The van der Waals surface area contributed by atoms with Crippen LogP contribution >= 0.6 is 11.3 Å². The number of nitrogens with one attached hydrogen (secondary N) is 1. The maximum Gasteiger partial charge on any atom is 0.230 e. The van der Waals surface area contributed by atoms with E-state index in [0.717, 1.165) is 22.1 Å². The molecule has 0 aliphatic rings. The molecule has 0 unspecified atom stereocenters.